The quantitative estimate of drug-likeness (QED) is 0.777. The standard InChI is InChI=1S/C17H25N3O3/c1-22-17(21)14-7-4-8-20(11-14)15-9-18-10-16(19-15)23-12-13-5-2-3-6-13/h9-10,13-14H,2-8,11-12H2,1H3/t14-/m0/s1. The van der Waals surface area contributed by atoms with Gasteiger partial charge in [0.25, 0.3) is 0 Å². The van der Waals surface area contributed by atoms with Crippen molar-refractivity contribution in [2.45, 2.75) is 38.5 Å². The van der Waals surface area contributed by atoms with Crippen molar-refractivity contribution in [1.29, 1.82) is 0 Å². The van der Waals surface area contributed by atoms with Crippen LogP contribution < -0.4 is 9.64 Å². The van der Waals surface area contributed by atoms with E-state index in [2.05, 4.69) is 14.9 Å². The van der Waals surface area contributed by atoms with Crippen LogP contribution in [0.15, 0.2) is 12.4 Å². The molecule has 1 aliphatic carbocycles. The van der Waals surface area contributed by atoms with E-state index >= 15 is 0 Å². The number of methoxy groups -OCH3 is 1. The number of hydrogen-bond acceptors (Lipinski definition) is 6. The molecular weight excluding hydrogens is 294 g/mol. The lowest BCUT2D eigenvalue weighted by molar-refractivity contribution is -0.145. The van der Waals surface area contributed by atoms with Crippen LogP contribution in [0, 0.1) is 11.8 Å². The molecule has 2 heterocycles. The fourth-order valence-electron chi connectivity index (χ4n) is 3.48. The molecule has 0 unspecified atom stereocenters. The molecule has 1 aliphatic heterocycles. The van der Waals surface area contributed by atoms with Gasteiger partial charge in [0.15, 0.2) is 5.82 Å². The Bertz CT molecular complexity index is 532. The summed E-state index contributed by atoms with van der Waals surface area (Å²) in [6.07, 6.45) is 10.3. The van der Waals surface area contributed by atoms with Crippen LogP contribution in [0.2, 0.25) is 0 Å². The smallest absolute Gasteiger partial charge is 0.310 e. The number of anilines is 1. The highest BCUT2D eigenvalue weighted by atomic mass is 16.5. The Balaban J connectivity index is 1.60. The number of nitrogens with zero attached hydrogens (tertiary/aromatic N) is 3. The van der Waals surface area contributed by atoms with Gasteiger partial charge in [-0.3, -0.25) is 9.78 Å². The summed E-state index contributed by atoms with van der Waals surface area (Å²) >= 11 is 0. The van der Waals surface area contributed by atoms with Gasteiger partial charge in [0.05, 0.1) is 32.0 Å². The van der Waals surface area contributed by atoms with Crippen molar-refractivity contribution in [1.82, 2.24) is 9.97 Å². The first kappa shape index (κ1) is 16.0. The molecule has 23 heavy (non-hydrogen) atoms. The van der Waals surface area contributed by atoms with Gasteiger partial charge in [-0.05, 0) is 31.6 Å². The van der Waals surface area contributed by atoms with Crippen molar-refractivity contribution < 1.29 is 14.3 Å². The Hall–Kier alpha value is -1.85. The highest BCUT2D eigenvalue weighted by Crippen LogP contribution is 2.26. The molecule has 0 bridgehead atoms. The number of piperidine rings is 1. The molecule has 2 fully saturated rings. The average molecular weight is 319 g/mol. The van der Waals surface area contributed by atoms with Crippen molar-refractivity contribution in [2.24, 2.45) is 11.8 Å². The lowest BCUT2D eigenvalue weighted by Crippen LogP contribution is -2.39. The topological polar surface area (TPSA) is 64.5 Å². The monoisotopic (exact) mass is 319 g/mol. The van der Waals surface area contributed by atoms with Gasteiger partial charge in [-0.15, -0.1) is 0 Å². The highest BCUT2D eigenvalue weighted by Gasteiger charge is 2.27. The van der Waals surface area contributed by atoms with Gasteiger partial charge < -0.3 is 14.4 Å². The predicted octanol–water partition coefficient (Wildman–Crippen LogP) is 2.44. The highest BCUT2D eigenvalue weighted by molar-refractivity contribution is 5.73. The second-order valence-corrected chi connectivity index (χ2v) is 6.49. The molecule has 0 spiro atoms. The summed E-state index contributed by atoms with van der Waals surface area (Å²) in [6.45, 7) is 2.24. The number of hydrogen-bond donors (Lipinski definition) is 0. The van der Waals surface area contributed by atoms with Crippen molar-refractivity contribution >= 4 is 11.8 Å². The molecule has 1 saturated heterocycles. The summed E-state index contributed by atoms with van der Waals surface area (Å²) in [5.74, 6) is 1.78. The Morgan fingerprint density at radius 1 is 1.26 bits per heavy atom. The number of ether oxygens (including phenoxy) is 2. The fraction of sp³-hybridized carbons (Fsp3) is 0.706. The second kappa shape index (κ2) is 7.62. The molecule has 0 N–H and O–H groups in total. The van der Waals surface area contributed by atoms with Crippen LogP contribution in [-0.2, 0) is 9.53 Å². The number of carbonyl (C=O) groups is 1. The SMILES string of the molecule is COC(=O)[C@H]1CCCN(c2cncc(OCC3CCCC3)n2)C1. The van der Waals surface area contributed by atoms with Crippen LogP contribution >= 0.6 is 0 Å². The van der Waals surface area contributed by atoms with Crippen molar-refractivity contribution in [2.75, 3.05) is 31.7 Å². The summed E-state index contributed by atoms with van der Waals surface area (Å²) in [7, 11) is 1.44. The summed E-state index contributed by atoms with van der Waals surface area (Å²) in [4.78, 5) is 22.7. The van der Waals surface area contributed by atoms with Gasteiger partial charge >= 0.3 is 5.97 Å². The minimum atomic E-state index is -0.142. The minimum Gasteiger partial charge on any atom is -0.476 e. The largest absolute Gasteiger partial charge is 0.476 e. The normalized spacial score (nSPS) is 22.1. The van der Waals surface area contributed by atoms with Gasteiger partial charge in [0.2, 0.25) is 5.88 Å². The number of esters is 1. The molecule has 6 nitrogen and oxygen atoms in total. The van der Waals surface area contributed by atoms with E-state index in [0.29, 0.717) is 18.3 Å². The molecule has 1 aromatic heterocycles. The van der Waals surface area contributed by atoms with Gasteiger partial charge in [-0.2, -0.15) is 4.98 Å². The van der Waals surface area contributed by atoms with E-state index < -0.39 is 0 Å². The zero-order valence-electron chi connectivity index (χ0n) is 13.7. The molecule has 2 aliphatic rings. The Labute approximate surface area is 137 Å². The minimum absolute atomic E-state index is 0.0846. The molecule has 0 amide bonds. The first-order chi connectivity index (χ1) is 11.3. The first-order valence-electron chi connectivity index (χ1n) is 8.54. The van der Waals surface area contributed by atoms with E-state index in [1.165, 1.54) is 32.8 Å². The lowest BCUT2D eigenvalue weighted by atomic mass is 9.98. The Kier molecular flexibility index (Phi) is 5.31. The average Bonchev–Trinajstić information content (AvgIpc) is 3.13. The molecule has 126 valence electrons. The summed E-state index contributed by atoms with van der Waals surface area (Å²) in [5, 5.41) is 0. The van der Waals surface area contributed by atoms with E-state index in [1.807, 2.05) is 0 Å². The zero-order chi connectivity index (χ0) is 16.1. The summed E-state index contributed by atoms with van der Waals surface area (Å²) in [6, 6.07) is 0. The van der Waals surface area contributed by atoms with Crippen LogP contribution in [0.25, 0.3) is 0 Å². The third-order valence-corrected chi connectivity index (χ3v) is 4.82. The third-order valence-electron chi connectivity index (χ3n) is 4.82. The maximum absolute atomic E-state index is 11.8. The lowest BCUT2D eigenvalue weighted by Gasteiger charge is -2.32. The molecular formula is C17H25N3O3. The zero-order valence-corrected chi connectivity index (χ0v) is 13.7. The fourth-order valence-corrected chi connectivity index (χ4v) is 3.48. The van der Waals surface area contributed by atoms with Gasteiger partial charge in [0, 0.05) is 13.1 Å². The van der Waals surface area contributed by atoms with E-state index in [-0.39, 0.29) is 11.9 Å². The Morgan fingerprint density at radius 2 is 2.09 bits per heavy atom. The molecule has 1 saturated carbocycles. The van der Waals surface area contributed by atoms with Crippen LogP contribution in [0.1, 0.15) is 38.5 Å². The van der Waals surface area contributed by atoms with E-state index in [0.717, 1.165) is 31.8 Å². The van der Waals surface area contributed by atoms with Crippen molar-refractivity contribution in [3.05, 3.63) is 12.4 Å². The van der Waals surface area contributed by atoms with Crippen LogP contribution in [0.5, 0.6) is 5.88 Å². The Morgan fingerprint density at radius 3 is 2.87 bits per heavy atom. The van der Waals surface area contributed by atoms with Gasteiger partial charge in [-0.25, -0.2) is 0 Å². The summed E-state index contributed by atoms with van der Waals surface area (Å²) < 4.78 is 10.7. The van der Waals surface area contributed by atoms with Gasteiger partial charge in [0.1, 0.15) is 0 Å². The van der Waals surface area contributed by atoms with E-state index in [9.17, 15) is 4.79 Å². The molecule has 0 aromatic carbocycles. The molecule has 1 atom stereocenters. The second-order valence-electron chi connectivity index (χ2n) is 6.49. The van der Waals surface area contributed by atoms with Crippen LogP contribution in [0.4, 0.5) is 5.82 Å². The maximum Gasteiger partial charge on any atom is 0.310 e. The molecule has 1 aromatic rings. The van der Waals surface area contributed by atoms with Gasteiger partial charge in [-0.1, -0.05) is 12.8 Å². The van der Waals surface area contributed by atoms with E-state index in [1.54, 1.807) is 12.4 Å². The molecule has 3 rings (SSSR count). The van der Waals surface area contributed by atoms with E-state index in [4.69, 9.17) is 9.47 Å². The predicted molar refractivity (Wildman–Crippen MR) is 86.4 cm³/mol. The first-order valence-corrected chi connectivity index (χ1v) is 8.54. The van der Waals surface area contributed by atoms with Crippen LogP contribution in [0.3, 0.4) is 0 Å². The number of rotatable bonds is 5. The van der Waals surface area contributed by atoms with Crippen molar-refractivity contribution in [3.63, 3.8) is 0 Å². The third kappa shape index (κ3) is 4.12. The maximum atomic E-state index is 11.8. The molecule has 6 heteroatoms. The van der Waals surface area contributed by atoms with Crippen molar-refractivity contribution in [3.8, 4) is 5.88 Å². The van der Waals surface area contributed by atoms with Crippen LogP contribution in [-0.4, -0.2) is 42.7 Å². The molecule has 0 radical (unpaired) electrons. The number of carbonyl (C=O) groups excluding carboxylic acids is 1. The number of aromatic nitrogens is 2. The summed E-state index contributed by atoms with van der Waals surface area (Å²) in [5.41, 5.74) is 0.